The van der Waals surface area contributed by atoms with E-state index in [0.29, 0.717) is 30.9 Å². The van der Waals surface area contributed by atoms with Crippen LogP contribution in [0.1, 0.15) is 33.6 Å². The number of benzene rings is 1. The second kappa shape index (κ2) is 10.9. The summed E-state index contributed by atoms with van der Waals surface area (Å²) in [6.07, 6.45) is -1.17. The molecule has 1 fully saturated rings. The topological polar surface area (TPSA) is 136 Å². The first kappa shape index (κ1) is 28.1. The van der Waals surface area contributed by atoms with Crippen molar-refractivity contribution >= 4 is 34.8 Å². The van der Waals surface area contributed by atoms with E-state index in [0.717, 1.165) is 17.1 Å². The normalized spacial score (nSPS) is 15.7. The molecule has 2 amide bonds. The molecule has 1 aliphatic rings. The maximum Gasteiger partial charge on any atom is 0.435 e. The molecule has 0 bridgehead atoms. The summed E-state index contributed by atoms with van der Waals surface area (Å²) in [5.41, 5.74) is 5.09. The lowest BCUT2D eigenvalue weighted by atomic mass is 10.1. The average Bonchev–Trinajstić information content (AvgIpc) is 3.53. The fraction of sp³-hybridized carbons (Fsp3) is 0.269. The fourth-order valence-electron chi connectivity index (χ4n) is 4.53. The molecule has 11 nitrogen and oxygen atoms in total. The molecule has 0 unspecified atom stereocenters. The summed E-state index contributed by atoms with van der Waals surface area (Å²) < 4.78 is 43.9. The highest BCUT2D eigenvalue weighted by molar-refractivity contribution is 6.34. The van der Waals surface area contributed by atoms with Crippen LogP contribution in [0.25, 0.3) is 17.1 Å². The van der Waals surface area contributed by atoms with Gasteiger partial charge in [0.25, 0.3) is 11.8 Å². The number of nitrogens with two attached hydrogens (primary N) is 1. The van der Waals surface area contributed by atoms with Gasteiger partial charge in [-0.3, -0.25) is 9.59 Å². The Balaban J connectivity index is 1.38. The number of imidazole rings is 1. The number of alkyl halides is 3. The molecule has 0 aliphatic carbocycles. The zero-order valence-corrected chi connectivity index (χ0v) is 22.7. The molecule has 0 spiro atoms. The fourth-order valence-corrected chi connectivity index (χ4v) is 4.79. The lowest BCUT2D eigenvalue weighted by Gasteiger charge is -2.32. The summed E-state index contributed by atoms with van der Waals surface area (Å²) in [5.74, 6) is -0.935. The number of amides is 2. The highest BCUT2D eigenvalue weighted by Crippen LogP contribution is 2.37. The van der Waals surface area contributed by atoms with Crippen LogP contribution in [0.15, 0.2) is 48.9 Å². The van der Waals surface area contributed by atoms with E-state index in [1.807, 2.05) is 6.92 Å². The Kier molecular flexibility index (Phi) is 7.44. The van der Waals surface area contributed by atoms with Gasteiger partial charge in [0.15, 0.2) is 17.3 Å². The standard InChI is InChI=1S/C26H25ClF3N9O2/c1-14-12-38(8-7-32-14)25(41)17-5-4-16(9-19(17)27)35-24(40)23-34-11-20(37(23)2)18-13-39(36-22(18)26(28,29)30)21-6-3-15(31)10-33-21/h3-6,9-11,13-14,32H,7-8,12,31H2,1-2H3,(H,35,40)/t14-/m0/s1. The summed E-state index contributed by atoms with van der Waals surface area (Å²) in [6.45, 7) is 3.75. The van der Waals surface area contributed by atoms with Crippen molar-refractivity contribution in [3.8, 4) is 17.1 Å². The summed E-state index contributed by atoms with van der Waals surface area (Å²) in [6, 6.07) is 7.56. The number of aromatic nitrogens is 5. The highest BCUT2D eigenvalue weighted by atomic mass is 35.5. The number of nitrogens with one attached hydrogen (secondary N) is 2. The molecule has 15 heteroatoms. The minimum Gasteiger partial charge on any atom is -0.397 e. The third kappa shape index (κ3) is 5.74. The van der Waals surface area contributed by atoms with Crippen LogP contribution in [0.5, 0.6) is 0 Å². The Bertz CT molecular complexity index is 1620. The molecule has 5 rings (SSSR count). The molecule has 1 aliphatic heterocycles. The van der Waals surface area contributed by atoms with Gasteiger partial charge in [-0.25, -0.2) is 14.6 Å². The monoisotopic (exact) mass is 587 g/mol. The Morgan fingerprint density at radius 1 is 1.17 bits per heavy atom. The van der Waals surface area contributed by atoms with Crippen LogP contribution in [-0.4, -0.2) is 66.7 Å². The zero-order chi connectivity index (χ0) is 29.5. The highest BCUT2D eigenvalue weighted by Gasteiger charge is 2.39. The van der Waals surface area contributed by atoms with Gasteiger partial charge in [-0.1, -0.05) is 11.6 Å². The molecular formula is C26H25ClF3N9O2. The molecule has 4 N–H and O–H groups in total. The van der Waals surface area contributed by atoms with Gasteiger partial charge in [-0.05, 0) is 37.3 Å². The Hall–Kier alpha value is -4.43. The van der Waals surface area contributed by atoms with E-state index < -0.39 is 17.8 Å². The van der Waals surface area contributed by atoms with Gasteiger partial charge in [0, 0.05) is 44.6 Å². The van der Waals surface area contributed by atoms with Crippen LogP contribution >= 0.6 is 11.6 Å². The van der Waals surface area contributed by atoms with E-state index in [9.17, 15) is 22.8 Å². The SMILES string of the molecule is C[C@H]1CN(C(=O)c2ccc(NC(=O)c3ncc(-c4cn(-c5ccc(N)cn5)nc4C(F)(F)F)n3C)cc2Cl)CCN1. The van der Waals surface area contributed by atoms with Crippen LogP contribution in [0.2, 0.25) is 5.02 Å². The van der Waals surface area contributed by atoms with Crippen molar-refractivity contribution in [2.24, 2.45) is 7.05 Å². The smallest absolute Gasteiger partial charge is 0.397 e. The summed E-state index contributed by atoms with van der Waals surface area (Å²) in [5, 5.41) is 9.74. The van der Waals surface area contributed by atoms with E-state index in [1.165, 1.54) is 48.1 Å². The van der Waals surface area contributed by atoms with Crippen LogP contribution in [0.4, 0.5) is 24.5 Å². The van der Waals surface area contributed by atoms with E-state index in [1.54, 1.807) is 4.90 Å². The van der Waals surface area contributed by atoms with Crippen LogP contribution in [0.3, 0.4) is 0 Å². The van der Waals surface area contributed by atoms with Crippen molar-refractivity contribution in [2.75, 3.05) is 30.7 Å². The molecule has 214 valence electrons. The predicted octanol–water partition coefficient (Wildman–Crippen LogP) is 3.61. The quantitative estimate of drug-likeness (QED) is 0.324. The first-order valence-corrected chi connectivity index (χ1v) is 12.8. The van der Waals surface area contributed by atoms with E-state index in [4.69, 9.17) is 17.3 Å². The third-order valence-electron chi connectivity index (χ3n) is 6.57. The first-order valence-electron chi connectivity index (χ1n) is 12.5. The van der Waals surface area contributed by atoms with Crippen molar-refractivity contribution in [3.63, 3.8) is 0 Å². The molecule has 4 aromatic rings. The molecular weight excluding hydrogens is 563 g/mol. The number of nitrogens with zero attached hydrogens (tertiary/aromatic N) is 6. The zero-order valence-electron chi connectivity index (χ0n) is 21.9. The van der Waals surface area contributed by atoms with Gasteiger partial charge in [0.05, 0.1) is 39.9 Å². The van der Waals surface area contributed by atoms with Crippen LogP contribution in [0, 0.1) is 0 Å². The van der Waals surface area contributed by atoms with Crippen molar-refractivity contribution < 1.29 is 22.8 Å². The number of anilines is 2. The van der Waals surface area contributed by atoms with Gasteiger partial charge in [-0.15, -0.1) is 0 Å². The van der Waals surface area contributed by atoms with Crippen molar-refractivity contribution in [1.29, 1.82) is 0 Å². The van der Waals surface area contributed by atoms with Crippen molar-refractivity contribution in [1.82, 2.24) is 34.5 Å². The number of carbonyl (C=O) groups is 2. The van der Waals surface area contributed by atoms with E-state index in [2.05, 4.69) is 25.7 Å². The van der Waals surface area contributed by atoms with E-state index >= 15 is 0 Å². The van der Waals surface area contributed by atoms with Gasteiger partial charge >= 0.3 is 6.18 Å². The largest absolute Gasteiger partial charge is 0.435 e. The molecule has 1 aromatic carbocycles. The number of hydrogen-bond acceptors (Lipinski definition) is 7. The molecule has 0 radical (unpaired) electrons. The Labute approximate surface area is 237 Å². The number of hydrogen-bond donors (Lipinski definition) is 3. The van der Waals surface area contributed by atoms with Gasteiger partial charge in [0.1, 0.15) is 0 Å². The summed E-state index contributed by atoms with van der Waals surface area (Å²) in [4.78, 5) is 35.8. The Morgan fingerprint density at radius 2 is 1.95 bits per heavy atom. The third-order valence-corrected chi connectivity index (χ3v) is 6.88. The summed E-state index contributed by atoms with van der Waals surface area (Å²) in [7, 11) is 1.42. The lowest BCUT2D eigenvalue weighted by Crippen LogP contribution is -2.51. The number of rotatable bonds is 5. The number of pyridine rings is 1. The maximum atomic E-state index is 13.9. The second-order valence-electron chi connectivity index (χ2n) is 9.56. The van der Waals surface area contributed by atoms with Crippen LogP contribution < -0.4 is 16.4 Å². The second-order valence-corrected chi connectivity index (χ2v) is 9.97. The van der Waals surface area contributed by atoms with E-state index in [-0.39, 0.29) is 45.6 Å². The predicted molar refractivity (Wildman–Crippen MR) is 146 cm³/mol. The average molecular weight is 588 g/mol. The molecule has 1 atom stereocenters. The molecule has 3 aromatic heterocycles. The molecule has 4 heterocycles. The van der Waals surface area contributed by atoms with Crippen molar-refractivity contribution in [3.05, 3.63) is 71.0 Å². The lowest BCUT2D eigenvalue weighted by molar-refractivity contribution is -0.140. The number of nitrogen functional groups attached to an aromatic ring is 1. The number of halogens is 4. The number of carbonyl (C=O) groups excluding carboxylic acids is 2. The number of piperazine rings is 1. The minimum absolute atomic E-state index is 0.00777. The van der Waals surface area contributed by atoms with Crippen LogP contribution in [-0.2, 0) is 13.2 Å². The Morgan fingerprint density at radius 3 is 2.61 bits per heavy atom. The minimum atomic E-state index is -4.79. The summed E-state index contributed by atoms with van der Waals surface area (Å²) >= 11 is 6.38. The van der Waals surface area contributed by atoms with Gasteiger partial charge in [0.2, 0.25) is 0 Å². The maximum absolute atomic E-state index is 13.9. The van der Waals surface area contributed by atoms with Crippen molar-refractivity contribution in [2.45, 2.75) is 19.1 Å². The molecule has 0 saturated carbocycles. The molecule has 1 saturated heterocycles. The van der Waals surface area contributed by atoms with Gasteiger partial charge in [-0.2, -0.15) is 18.3 Å². The molecule has 41 heavy (non-hydrogen) atoms. The van der Waals surface area contributed by atoms with Gasteiger partial charge < -0.3 is 25.8 Å². The first-order chi connectivity index (χ1) is 19.4.